The first kappa shape index (κ1) is 11.3. The van der Waals surface area contributed by atoms with Crippen LogP contribution < -0.4 is 0 Å². The fraction of sp³-hybridized carbons (Fsp3) is 1.00. The van der Waals surface area contributed by atoms with Crippen LogP contribution in [0.3, 0.4) is 0 Å². The molecule has 0 aliphatic carbocycles. The van der Waals surface area contributed by atoms with Crippen molar-refractivity contribution in [3.63, 3.8) is 0 Å². The maximum absolute atomic E-state index is 8.39. The van der Waals surface area contributed by atoms with Crippen LogP contribution in [-0.4, -0.2) is 43.9 Å². The van der Waals surface area contributed by atoms with Gasteiger partial charge in [-0.25, -0.2) is 0 Å². The zero-order valence-electron chi connectivity index (χ0n) is 5.64. The summed E-state index contributed by atoms with van der Waals surface area (Å²) in [5.74, 6) is 0. The van der Waals surface area contributed by atoms with Crippen molar-refractivity contribution in [3.8, 4) is 0 Å². The van der Waals surface area contributed by atoms with Gasteiger partial charge in [-0.1, -0.05) is 0 Å². The van der Waals surface area contributed by atoms with Crippen molar-refractivity contribution >= 4 is 0 Å². The molecule has 0 saturated heterocycles. The van der Waals surface area contributed by atoms with Gasteiger partial charge in [-0.15, -0.1) is 0 Å². The van der Waals surface area contributed by atoms with Crippen molar-refractivity contribution in [1.82, 2.24) is 0 Å². The zero-order valence-corrected chi connectivity index (χ0v) is 6.68. The Balaban J connectivity index is 0. The number of aliphatic hydroxyl groups excluding tert-OH is 1. The van der Waals surface area contributed by atoms with Gasteiger partial charge in [0.1, 0.15) is 6.54 Å². The molecule has 2 nitrogen and oxygen atoms in total. The molecule has 0 atom stereocenters. The summed E-state index contributed by atoms with van der Waals surface area (Å²) in [4.78, 5) is 0. The molecule has 0 amide bonds. The van der Waals surface area contributed by atoms with Crippen LogP contribution in [0.5, 0.6) is 0 Å². The number of likely N-dealkylation sites (N-methyl/N-ethyl adjacent to an activating group) is 1. The first-order valence-electron chi connectivity index (χ1n) is 2.47. The average molecular weight is 163 g/mol. The Morgan fingerprint density at radius 2 is 1.62 bits per heavy atom. The molecule has 0 aromatic carbocycles. The van der Waals surface area contributed by atoms with Gasteiger partial charge in [0.15, 0.2) is 0 Å². The molecule has 0 aromatic heterocycles. The predicted molar refractivity (Wildman–Crippen MR) is 30.0 cm³/mol. The van der Waals surface area contributed by atoms with Gasteiger partial charge in [-0.3, -0.25) is 0 Å². The molecule has 0 bridgehead atoms. The van der Waals surface area contributed by atoms with Crippen molar-refractivity contribution in [2.24, 2.45) is 0 Å². The molecule has 0 aliphatic rings. The summed E-state index contributed by atoms with van der Waals surface area (Å²) in [6, 6.07) is 0. The Morgan fingerprint density at radius 1 is 1.25 bits per heavy atom. The van der Waals surface area contributed by atoms with Gasteiger partial charge in [-0.05, 0) is 0 Å². The van der Waals surface area contributed by atoms with Crippen molar-refractivity contribution in [2.45, 2.75) is 0 Å². The third-order valence-electron chi connectivity index (χ3n) is 0.771. The number of hydrogen-bond acceptors (Lipinski definition) is 1. The molecule has 0 unspecified atom stereocenters. The fourth-order valence-corrected chi connectivity index (χ4v) is 0.300. The Labute approximate surface area is 61.3 Å². The summed E-state index contributed by atoms with van der Waals surface area (Å²) < 4.78 is 0.844. The standard InChI is InChI=1S/C5H14NO.Co/c1-6(2,3)4-5-7;/h7H,4-5H2,1-3H3;/q+1;+2. The van der Waals surface area contributed by atoms with Crippen LogP contribution in [0.15, 0.2) is 0 Å². The molecule has 51 valence electrons. The number of rotatable bonds is 2. The topological polar surface area (TPSA) is 20.2 Å². The first-order chi connectivity index (χ1) is 3.06. The van der Waals surface area contributed by atoms with Crippen LogP contribution in [0, 0.1) is 0 Å². The van der Waals surface area contributed by atoms with Crippen LogP contribution in [0.4, 0.5) is 0 Å². The number of aliphatic hydroxyl groups is 1. The van der Waals surface area contributed by atoms with Gasteiger partial charge >= 0.3 is 16.8 Å². The van der Waals surface area contributed by atoms with E-state index in [-0.39, 0.29) is 23.4 Å². The number of quaternary nitrogens is 1. The second kappa shape index (κ2) is 4.32. The maximum Gasteiger partial charge on any atom is 2.00 e. The van der Waals surface area contributed by atoms with Gasteiger partial charge in [-0.2, -0.15) is 0 Å². The maximum atomic E-state index is 8.39. The van der Waals surface area contributed by atoms with Gasteiger partial charge in [0.2, 0.25) is 0 Å². The largest absolute Gasteiger partial charge is 2.00 e. The van der Waals surface area contributed by atoms with E-state index < -0.39 is 0 Å². The third-order valence-corrected chi connectivity index (χ3v) is 0.771. The molecule has 8 heavy (non-hydrogen) atoms. The molecule has 0 heterocycles. The van der Waals surface area contributed by atoms with E-state index in [1.54, 1.807) is 0 Å². The molecule has 0 fully saturated rings. The van der Waals surface area contributed by atoms with Gasteiger partial charge in [0.05, 0.1) is 27.7 Å². The van der Waals surface area contributed by atoms with E-state index >= 15 is 0 Å². The Hall–Kier alpha value is 0.426. The Bertz CT molecular complexity index is 50.9. The monoisotopic (exact) mass is 163 g/mol. The second-order valence-corrected chi connectivity index (χ2v) is 2.74. The molecule has 0 aliphatic heterocycles. The van der Waals surface area contributed by atoms with Crippen molar-refractivity contribution in [2.75, 3.05) is 34.3 Å². The summed E-state index contributed by atoms with van der Waals surface area (Å²) in [6.45, 7) is 1.11. The first-order valence-corrected chi connectivity index (χ1v) is 2.47. The average Bonchev–Trinajstić information content (AvgIpc) is 1.30. The molecule has 3 heteroatoms. The van der Waals surface area contributed by atoms with E-state index in [9.17, 15) is 0 Å². The predicted octanol–water partition coefficient (Wildman–Crippen LogP) is -0.318. The van der Waals surface area contributed by atoms with Crippen LogP contribution in [0.1, 0.15) is 0 Å². The third kappa shape index (κ3) is 9.66. The van der Waals surface area contributed by atoms with Crippen LogP contribution in [0.25, 0.3) is 0 Å². The number of nitrogens with zero attached hydrogens (tertiary/aromatic N) is 1. The molecule has 0 aromatic rings. The van der Waals surface area contributed by atoms with Gasteiger partial charge < -0.3 is 9.59 Å². The molecule has 0 spiro atoms. The van der Waals surface area contributed by atoms with E-state index in [1.165, 1.54) is 0 Å². The van der Waals surface area contributed by atoms with E-state index in [0.29, 0.717) is 0 Å². The fourth-order valence-electron chi connectivity index (χ4n) is 0.300. The summed E-state index contributed by atoms with van der Waals surface area (Å²) in [7, 11) is 6.16. The molecule has 0 saturated carbocycles. The summed E-state index contributed by atoms with van der Waals surface area (Å²) >= 11 is 0. The van der Waals surface area contributed by atoms with Crippen LogP contribution >= 0.6 is 0 Å². The van der Waals surface area contributed by atoms with E-state index in [2.05, 4.69) is 21.1 Å². The van der Waals surface area contributed by atoms with E-state index in [0.717, 1.165) is 11.0 Å². The zero-order chi connectivity index (χ0) is 5.91. The molecule has 1 radical (unpaired) electrons. The Morgan fingerprint density at radius 3 is 1.62 bits per heavy atom. The molecular weight excluding hydrogens is 149 g/mol. The second-order valence-electron chi connectivity index (χ2n) is 2.74. The summed E-state index contributed by atoms with van der Waals surface area (Å²) in [6.07, 6.45) is 0. The van der Waals surface area contributed by atoms with Crippen LogP contribution in [0.2, 0.25) is 0 Å². The number of hydrogen-bond donors (Lipinski definition) is 1. The molecule has 0 rings (SSSR count). The molecular formula is C5H14CoNO+3. The minimum Gasteiger partial charge on any atom is -0.391 e. The summed E-state index contributed by atoms with van der Waals surface area (Å²) in [5, 5.41) is 8.39. The normalized spacial score (nSPS) is 10.5. The molecule has 1 N–H and O–H groups in total. The van der Waals surface area contributed by atoms with E-state index in [4.69, 9.17) is 5.11 Å². The van der Waals surface area contributed by atoms with Gasteiger partial charge in [0, 0.05) is 0 Å². The Kier molecular flexibility index (Phi) is 6.08. The quantitative estimate of drug-likeness (QED) is 0.553. The van der Waals surface area contributed by atoms with Crippen molar-refractivity contribution < 1.29 is 26.4 Å². The van der Waals surface area contributed by atoms with E-state index in [1.807, 2.05) is 0 Å². The summed E-state index contributed by atoms with van der Waals surface area (Å²) in [5.41, 5.74) is 0. The van der Waals surface area contributed by atoms with Gasteiger partial charge in [0.25, 0.3) is 0 Å². The SMILES string of the molecule is C[N+](C)(C)CCO.[Co+2]. The minimum atomic E-state index is 0. The minimum absolute atomic E-state index is 0. The van der Waals surface area contributed by atoms with Crippen molar-refractivity contribution in [3.05, 3.63) is 0 Å². The smallest absolute Gasteiger partial charge is 0.391 e. The van der Waals surface area contributed by atoms with Crippen LogP contribution in [-0.2, 0) is 16.8 Å². The van der Waals surface area contributed by atoms with Crippen molar-refractivity contribution in [1.29, 1.82) is 0 Å².